The third kappa shape index (κ3) is 3.83. The minimum absolute atomic E-state index is 0.534. The van der Waals surface area contributed by atoms with Crippen LogP contribution in [0.25, 0.3) is 0 Å². The first-order valence-corrected chi connectivity index (χ1v) is 7.94. The van der Waals surface area contributed by atoms with Gasteiger partial charge in [0.25, 0.3) is 0 Å². The van der Waals surface area contributed by atoms with Crippen molar-refractivity contribution >= 4 is 31.9 Å². The predicted molar refractivity (Wildman–Crippen MR) is 78.4 cm³/mol. The lowest BCUT2D eigenvalue weighted by atomic mass is 9.79. The molecular weight excluding hydrogens is 362 g/mol. The molecule has 1 saturated carbocycles. The van der Waals surface area contributed by atoms with Gasteiger partial charge >= 0.3 is 0 Å². The summed E-state index contributed by atoms with van der Waals surface area (Å²) in [7, 11) is 0. The molecule has 1 aromatic rings. The lowest BCUT2D eigenvalue weighted by Gasteiger charge is -2.35. The van der Waals surface area contributed by atoms with Crippen molar-refractivity contribution in [2.75, 3.05) is 6.54 Å². The van der Waals surface area contributed by atoms with Crippen molar-refractivity contribution in [2.45, 2.75) is 44.8 Å². The number of nitrogens with one attached hydrogen (secondary N) is 1. The lowest BCUT2D eigenvalue weighted by molar-refractivity contribution is -0.00657. The molecule has 0 atom stereocenters. The van der Waals surface area contributed by atoms with Crippen LogP contribution >= 0.6 is 31.9 Å². The highest BCUT2D eigenvalue weighted by Gasteiger charge is 2.31. The van der Waals surface area contributed by atoms with Crippen LogP contribution < -0.4 is 5.32 Å². The highest BCUT2D eigenvalue weighted by Crippen LogP contribution is 2.31. The van der Waals surface area contributed by atoms with Crippen LogP contribution in [0.2, 0.25) is 0 Å². The number of hydrogen-bond acceptors (Lipinski definition) is 3. The van der Waals surface area contributed by atoms with E-state index in [0.29, 0.717) is 17.8 Å². The number of hydrogen-bond donors (Lipinski definition) is 2. The van der Waals surface area contributed by atoms with Crippen molar-refractivity contribution < 1.29 is 9.52 Å². The third-order valence-corrected chi connectivity index (χ3v) is 5.36. The Balaban J connectivity index is 1.78. The maximum atomic E-state index is 10.4. The van der Waals surface area contributed by atoms with Crippen LogP contribution in [-0.4, -0.2) is 17.3 Å². The number of aliphatic hydroxyl groups is 1. The van der Waals surface area contributed by atoms with E-state index >= 15 is 0 Å². The minimum Gasteiger partial charge on any atom is -0.452 e. The van der Waals surface area contributed by atoms with Gasteiger partial charge in [0, 0.05) is 6.54 Å². The maximum absolute atomic E-state index is 10.4. The fourth-order valence-electron chi connectivity index (χ4n) is 2.37. The van der Waals surface area contributed by atoms with Crippen LogP contribution in [0.4, 0.5) is 0 Å². The Morgan fingerprint density at radius 1 is 1.44 bits per heavy atom. The number of furan rings is 1. The van der Waals surface area contributed by atoms with Gasteiger partial charge in [-0.15, -0.1) is 0 Å². The maximum Gasteiger partial charge on any atom is 0.183 e. The molecule has 1 aromatic heterocycles. The monoisotopic (exact) mass is 379 g/mol. The smallest absolute Gasteiger partial charge is 0.183 e. The summed E-state index contributed by atoms with van der Waals surface area (Å²) in [5, 5.41) is 13.7. The fraction of sp³-hybridized carbons (Fsp3) is 0.692. The molecule has 0 unspecified atom stereocenters. The lowest BCUT2D eigenvalue weighted by Crippen LogP contribution is -2.43. The van der Waals surface area contributed by atoms with E-state index in [4.69, 9.17) is 4.42 Å². The minimum atomic E-state index is -0.534. The quantitative estimate of drug-likeness (QED) is 0.834. The van der Waals surface area contributed by atoms with Gasteiger partial charge in [-0.2, -0.15) is 0 Å². The zero-order chi connectivity index (χ0) is 13.2. The molecule has 1 aliphatic carbocycles. The molecule has 0 saturated heterocycles. The average Bonchev–Trinajstić information content (AvgIpc) is 2.63. The van der Waals surface area contributed by atoms with E-state index in [2.05, 4.69) is 44.1 Å². The topological polar surface area (TPSA) is 45.4 Å². The number of halogens is 2. The molecule has 0 spiro atoms. The summed E-state index contributed by atoms with van der Waals surface area (Å²) in [6.45, 7) is 3.53. The van der Waals surface area contributed by atoms with E-state index < -0.39 is 5.60 Å². The van der Waals surface area contributed by atoms with E-state index in [0.717, 1.165) is 41.8 Å². The van der Waals surface area contributed by atoms with Crippen LogP contribution in [0.1, 0.15) is 38.4 Å². The molecule has 0 aliphatic heterocycles. The molecule has 2 N–H and O–H groups in total. The fourth-order valence-corrected chi connectivity index (χ4v) is 3.03. The van der Waals surface area contributed by atoms with Gasteiger partial charge < -0.3 is 14.8 Å². The zero-order valence-corrected chi connectivity index (χ0v) is 13.7. The Kier molecular flexibility index (Phi) is 4.92. The largest absolute Gasteiger partial charge is 0.452 e. The molecular formula is C13H19Br2NO2. The van der Waals surface area contributed by atoms with E-state index in [9.17, 15) is 5.11 Å². The highest BCUT2D eigenvalue weighted by atomic mass is 79.9. The average molecular weight is 381 g/mol. The zero-order valence-electron chi connectivity index (χ0n) is 10.5. The molecule has 102 valence electrons. The standard InChI is InChI=1S/C13H19Br2NO2/c1-9-2-4-13(17,5-3-9)8-16-7-10-6-11(14)12(15)18-10/h6,9,16-17H,2-5,7-8H2,1H3. The molecule has 1 heterocycles. The van der Waals surface area contributed by atoms with Crippen LogP contribution in [0, 0.1) is 5.92 Å². The van der Waals surface area contributed by atoms with Crippen LogP contribution in [-0.2, 0) is 6.54 Å². The predicted octanol–water partition coefficient (Wildman–Crippen LogP) is 3.84. The molecule has 0 amide bonds. The molecule has 1 fully saturated rings. The summed E-state index contributed by atoms with van der Waals surface area (Å²) in [6.07, 6.45) is 4.03. The van der Waals surface area contributed by atoms with Crippen LogP contribution in [0.15, 0.2) is 19.6 Å². The summed E-state index contributed by atoms with van der Waals surface area (Å²) in [6, 6.07) is 1.93. The van der Waals surface area contributed by atoms with Gasteiger partial charge in [0.1, 0.15) is 5.76 Å². The first kappa shape index (κ1) is 14.6. The van der Waals surface area contributed by atoms with Crippen LogP contribution in [0.3, 0.4) is 0 Å². The summed E-state index contributed by atoms with van der Waals surface area (Å²) in [5.74, 6) is 1.61. The van der Waals surface area contributed by atoms with Crippen molar-refractivity contribution in [3.63, 3.8) is 0 Å². The summed E-state index contributed by atoms with van der Waals surface area (Å²) < 4.78 is 7.11. The molecule has 5 heteroatoms. The molecule has 18 heavy (non-hydrogen) atoms. The third-order valence-electron chi connectivity index (χ3n) is 3.65. The Morgan fingerprint density at radius 2 is 2.11 bits per heavy atom. The second kappa shape index (κ2) is 6.07. The second-order valence-corrected chi connectivity index (χ2v) is 6.92. The van der Waals surface area contributed by atoms with Gasteiger partial charge in [-0.05, 0) is 69.5 Å². The molecule has 0 bridgehead atoms. The van der Waals surface area contributed by atoms with Gasteiger partial charge in [-0.25, -0.2) is 0 Å². The van der Waals surface area contributed by atoms with Crippen molar-refractivity contribution in [3.8, 4) is 0 Å². The Hall–Kier alpha value is 0.160. The van der Waals surface area contributed by atoms with Gasteiger partial charge in [-0.3, -0.25) is 0 Å². The molecule has 3 nitrogen and oxygen atoms in total. The van der Waals surface area contributed by atoms with Gasteiger partial charge in [0.2, 0.25) is 0 Å². The summed E-state index contributed by atoms with van der Waals surface area (Å²) in [4.78, 5) is 0. The first-order valence-electron chi connectivity index (χ1n) is 6.35. The van der Waals surface area contributed by atoms with Crippen molar-refractivity contribution in [3.05, 3.63) is 21.0 Å². The van der Waals surface area contributed by atoms with Crippen molar-refractivity contribution in [1.29, 1.82) is 0 Å². The summed E-state index contributed by atoms with van der Waals surface area (Å²) in [5.41, 5.74) is -0.534. The molecule has 2 rings (SSSR count). The highest BCUT2D eigenvalue weighted by molar-refractivity contribution is 9.13. The summed E-state index contributed by atoms with van der Waals surface area (Å²) >= 11 is 6.69. The van der Waals surface area contributed by atoms with Crippen molar-refractivity contribution in [1.82, 2.24) is 5.32 Å². The SMILES string of the molecule is CC1CCC(O)(CNCc2cc(Br)c(Br)o2)CC1. The normalized spacial score (nSPS) is 28.6. The Bertz CT molecular complexity index is 378. The van der Waals surface area contributed by atoms with E-state index in [1.807, 2.05) is 6.07 Å². The van der Waals surface area contributed by atoms with E-state index in [-0.39, 0.29) is 0 Å². The first-order chi connectivity index (χ1) is 8.48. The Morgan fingerprint density at radius 3 is 2.67 bits per heavy atom. The van der Waals surface area contributed by atoms with E-state index in [1.54, 1.807) is 0 Å². The van der Waals surface area contributed by atoms with Gasteiger partial charge in [0.05, 0.1) is 16.6 Å². The van der Waals surface area contributed by atoms with Gasteiger partial charge in [0.15, 0.2) is 4.67 Å². The second-order valence-electron chi connectivity index (χ2n) is 5.34. The number of rotatable bonds is 4. The van der Waals surface area contributed by atoms with Crippen LogP contribution in [0.5, 0.6) is 0 Å². The van der Waals surface area contributed by atoms with Crippen molar-refractivity contribution in [2.24, 2.45) is 5.92 Å². The molecule has 0 radical (unpaired) electrons. The Labute approximate surface area is 125 Å². The molecule has 1 aliphatic rings. The van der Waals surface area contributed by atoms with E-state index in [1.165, 1.54) is 0 Å². The molecule has 0 aromatic carbocycles. The van der Waals surface area contributed by atoms with Gasteiger partial charge in [-0.1, -0.05) is 6.92 Å².